The summed E-state index contributed by atoms with van der Waals surface area (Å²) in [5, 5.41) is 9.78. The minimum Gasteiger partial charge on any atom is -0.396 e. The average molecular weight is 368 g/mol. The van der Waals surface area contributed by atoms with Crippen LogP contribution in [0, 0.1) is 0 Å². The van der Waals surface area contributed by atoms with Crippen molar-refractivity contribution in [3.63, 3.8) is 0 Å². The van der Waals surface area contributed by atoms with Crippen LogP contribution in [0.15, 0.2) is 30.3 Å². The number of benzene rings is 1. The molecule has 2 nitrogen and oxygen atoms in total. The Labute approximate surface area is 166 Å². The molecule has 0 fully saturated rings. The van der Waals surface area contributed by atoms with Gasteiger partial charge in [-0.15, -0.1) is 0 Å². The van der Waals surface area contributed by atoms with Gasteiger partial charge in [0.15, 0.2) is 0 Å². The molecular formula is C25H37NO. The van der Waals surface area contributed by atoms with Gasteiger partial charge in [-0.25, -0.2) is 0 Å². The number of hydrogen-bond acceptors (Lipinski definition) is 2. The van der Waals surface area contributed by atoms with Gasteiger partial charge in [-0.3, -0.25) is 4.98 Å². The molecule has 0 aliphatic heterocycles. The van der Waals surface area contributed by atoms with E-state index in [-0.39, 0.29) is 6.61 Å². The average Bonchev–Trinajstić information content (AvgIpc) is 2.65. The zero-order valence-corrected chi connectivity index (χ0v) is 17.9. The fraction of sp³-hybridized carbons (Fsp3) is 0.560. The molecule has 148 valence electrons. The minimum atomic E-state index is 0.164. The molecule has 2 aromatic rings. The van der Waals surface area contributed by atoms with Crippen molar-refractivity contribution in [1.82, 2.24) is 4.98 Å². The fourth-order valence-electron chi connectivity index (χ4n) is 3.96. The van der Waals surface area contributed by atoms with Crippen LogP contribution in [0.5, 0.6) is 0 Å². The molecule has 27 heavy (non-hydrogen) atoms. The van der Waals surface area contributed by atoms with E-state index in [0.29, 0.717) is 18.3 Å². The highest BCUT2D eigenvalue weighted by Crippen LogP contribution is 2.37. The molecule has 0 aliphatic rings. The number of hydrogen-bond donors (Lipinski definition) is 1. The Morgan fingerprint density at radius 3 is 1.93 bits per heavy atom. The molecule has 1 aromatic carbocycles. The number of aliphatic hydroxyl groups is 1. The van der Waals surface area contributed by atoms with Crippen molar-refractivity contribution in [2.45, 2.75) is 85.0 Å². The van der Waals surface area contributed by atoms with Crippen molar-refractivity contribution in [2.75, 3.05) is 6.61 Å². The van der Waals surface area contributed by atoms with Gasteiger partial charge in [0.1, 0.15) is 0 Å². The number of aromatic nitrogens is 1. The highest BCUT2D eigenvalue weighted by Gasteiger charge is 2.23. The van der Waals surface area contributed by atoms with Crippen molar-refractivity contribution in [3.05, 3.63) is 52.8 Å². The van der Waals surface area contributed by atoms with Crippen molar-refractivity contribution < 1.29 is 5.11 Å². The number of aliphatic hydroxyl groups excluding tert-OH is 1. The monoisotopic (exact) mass is 367 g/mol. The topological polar surface area (TPSA) is 33.1 Å². The van der Waals surface area contributed by atoms with E-state index in [0.717, 1.165) is 12.1 Å². The molecule has 0 aliphatic carbocycles. The molecule has 1 N–H and O–H groups in total. The summed E-state index contributed by atoms with van der Waals surface area (Å²) in [5.74, 6) is 0.745. The van der Waals surface area contributed by atoms with Crippen LogP contribution in [0.25, 0.3) is 11.1 Å². The molecule has 0 saturated heterocycles. The number of rotatable bonds is 10. The lowest BCUT2D eigenvalue weighted by Crippen LogP contribution is -2.13. The van der Waals surface area contributed by atoms with E-state index in [1.54, 1.807) is 0 Å². The van der Waals surface area contributed by atoms with E-state index in [2.05, 4.69) is 65.0 Å². The maximum Gasteiger partial charge on any atom is 0.0472 e. The summed E-state index contributed by atoms with van der Waals surface area (Å²) in [6.45, 7) is 11.3. The van der Waals surface area contributed by atoms with Crippen LogP contribution < -0.4 is 0 Å². The highest BCUT2D eigenvalue weighted by atomic mass is 16.2. The minimum absolute atomic E-state index is 0.164. The third-order valence-corrected chi connectivity index (χ3v) is 5.26. The van der Waals surface area contributed by atoms with Crippen molar-refractivity contribution in [3.8, 4) is 11.1 Å². The van der Waals surface area contributed by atoms with Gasteiger partial charge in [-0.1, -0.05) is 84.2 Å². The third kappa shape index (κ3) is 5.42. The Hall–Kier alpha value is -1.67. The molecule has 0 amide bonds. The Morgan fingerprint density at radius 1 is 0.815 bits per heavy atom. The van der Waals surface area contributed by atoms with Gasteiger partial charge in [0.25, 0.3) is 0 Å². The molecule has 2 rings (SSSR count). The molecule has 0 saturated carbocycles. The van der Waals surface area contributed by atoms with E-state index >= 15 is 0 Å². The quantitative estimate of drug-likeness (QED) is 0.477. The van der Waals surface area contributed by atoms with Crippen molar-refractivity contribution in [1.29, 1.82) is 0 Å². The first-order valence-electron chi connectivity index (χ1n) is 10.7. The summed E-state index contributed by atoms with van der Waals surface area (Å²) in [5.41, 5.74) is 7.65. The van der Waals surface area contributed by atoms with Gasteiger partial charge >= 0.3 is 0 Å². The predicted molar refractivity (Wildman–Crippen MR) is 116 cm³/mol. The summed E-state index contributed by atoms with van der Waals surface area (Å²) in [6, 6.07) is 10.7. The fourth-order valence-corrected chi connectivity index (χ4v) is 3.96. The first-order chi connectivity index (χ1) is 13.0. The molecule has 1 heterocycles. The normalized spacial score (nSPS) is 11.6. The standard InChI is InChI=1S/C25H37NO/c1-6-7-8-12-15-21-23(20-13-10-9-11-14-20)22(16-17-27)25(19(4)5)26-24(21)18(2)3/h9-11,13-14,18-19,27H,6-8,12,15-17H2,1-5H3. The van der Waals surface area contributed by atoms with Gasteiger partial charge in [-0.05, 0) is 53.4 Å². The Bertz CT molecular complexity index is 704. The van der Waals surface area contributed by atoms with Gasteiger partial charge in [0.2, 0.25) is 0 Å². The van der Waals surface area contributed by atoms with Crippen LogP contribution >= 0.6 is 0 Å². The van der Waals surface area contributed by atoms with Crippen LogP contribution in [0.1, 0.15) is 94.7 Å². The van der Waals surface area contributed by atoms with Crippen LogP contribution in [0.2, 0.25) is 0 Å². The molecule has 1 aromatic heterocycles. The van der Waals surface area contributed by atoms with Gasteiger partial charge in [-0.2, -0.15) is 0 Å². The second-order valence-corrected chi connectivity index (χ2v) is 8.17. The number of unbranched alkanes of at least 4 members (excludes halogenated alkanes) is 3. The van der Waals surface area contributed by atoms with E-state index in [1.165, 1.54) is 53.6 Å². The summed E-state index contributed by atoms with van der Waals surface area (Å²) in [4.78, 5) is 5.16. The van der Waals surface area contributed by atoms with E-state index in [9.17, 15) is 5.11 Å². The summed E-state index contributed by atoms with van der Waals surface area (Å²) in [6.07, 6.45) is 6.76. The van der Waals surface area contributed by atoms with Crippen LogP contribution in [0.4, 0.5) is 0 Å². The predicted octanol–water partition coefficient (Wildman–Crippen LogP) is 6.65. The smallest absolute Gasteiger partial charge is 0.0472 e. The van der Waals surface area contributed by atoms with E-state index in [1.807, 2.05) is 0 Å². The van der Waals surface area contributed by atoms with Crippen LogP contribution in [-0.2, 0) is 12.8 Å². The van der Waals surface area contributed by atoms with Crippen LogP contribution in [0.3, 0.4) is 0 Å². The highest BCUT2D eigenvalue weighted by molar-refractivity contribution is 5.73. The zero-order chi connectivity index (χ0) is 19.8. The molecule has 0 radical (unpaired) electrons. The maximum atomic E-state index is 9.78. The zero-order valence-electron chi connectivity index (χ0n) is 17.9. The summed E-state index contributed by atoms with van der Waals surface area (Å²) < 4.78 is 0. The Morgan fingerprint density at radius 2 is 1.41 bits per heavy atom. The second kappa shape index (κ2) is 10.6. The van der Waals surface area contributed by atoms with Gasteiger partial charge in [0.05, 0.1) is 0 Å². The van der Waals surface area contributed by atoms with Gasteiger partial charge < -0.3 is 5.11 Å². The molecule has 0 spiro atoms. The molecule has 0 atom stereocenters. The lowest BCUT2D eigenvalue weighted by Gasteiger charge is -2.25. The van der Waals surface area contributed by atoms with Crippen molar-refractivity contribution >= 4 is 0 Å². The van der Waals surface area contributed by atoms with Crippen LogP contribution in [-0.4, -0.2) is 16.7 Å². The SMILES string of the molecule is CCCCCCc1c(C(C)C)nc(C(C)C)c(CCO)c1-c1ccccc1. The molecular weight excluding hydrogens is 330 g/mol. The Balaban J connectivity index is 2.70. The van der Waals surface area contributed by atoms with Crippen molar-refractivity contribution in [2.24, 2.45) is 0 Å². The molecule has 0 unspecified atom stereocenters. The largest absolute Gasteiger partial charge is 0.396 e. The summed E-state index contributed by atoms with van der Waals surface area (Å²) >= 11 is 0. The first kappa shape index (κ1) is 21.6. The number of nitrogens with zero attached hydrogens (tertiary/aromatic N) is 1. The van der Waals surface area contributed by atoms with E-state index < -0.39 is 0 Å². The molecule has 2 heteroatoms. The van der Waals surface area contributed by atoms with E-state index in [4.69, 9.17) is 4.98 Å². The summed E-state index contributed by atoms with van der Waals surface area (Å²) in [7, 11) is 0. The maximum absolute atomic E-state index is 9.78. The second-order valence-electron chi connectivity index (χ2n) is 8.17. The lowest BCUT2D eigenvalue weighted by molar-refractivity contribution is 0.299. The third-order valence-electron chi connectivity index (χ3n) is 5.26. The van der Waals surface area contributed by atoms with Gasteiger partial charge in [0, 0.05) is 18.0 Å². The molecule has 0 bridgehead atoms. The number of pyridine rings is 1. The Kier molecular flexibility index (Phi) is 8.50. The lowest BCUT2D eigenvalue weighted by atomic mass is 9.84. The first-order valence-corrected chi connectivity index (χ1v) is 10.7.